The number of halogens is 2. The summed E-state index contributed by atoms with van der Waals surface area (Å²) in [5.41, 5.74) is 1.06. The third kappa shape index (κ3) is 8.61. The number of unbranched alkanes of at least 4 members (excludes halogenated alkanes) is 1. The van der Waals surface area contributed by atoms with E-state index < -0.39 is 46.1 Å². The Morgan fingerprint density at radius 2 is 1.54 bits per heavy atom. The molecular formula is C29H33F2N3O4S. The van der Waals surface area contributed by atoms with Crippen LogP contribution in [0, 0.1) is 11.6 Å². The molecule has 0 radical (unpaired) electrons. The molecule has 0 spiro atoms. The van der Waals surface area contributed by atoms with Gasteiger partial charge in [-0.2, -0.15) is 0 Å². The normalized spacial score (nSPS) is 12.0. The summed E-state index contributed by atoms with van der Waals surface area (Å²) in [6.07, 6.45) is 2.64. The fraction of sp³-hybridized carbons (Fsp3) is 0.310. The van der Waals surface area contributed by atoms with E-state index in [-0.39, 0.29) is 18.7 Å². The Morgan fingerprint density at radius 1 is 0.897 bits per heavy atom. The van der Waals surface area contributed by atoms with Crippen molar-refractivity contribution < 1.29 is 26.8 Å². The Labute approximate surface area is 228 Å². The van der Waals surface area contributed by atoms with Crippen molar-refractivity contribution >= 4 is 27.5 Å². The van der Waals surface area contributed by atoms with Gasteiger partial charge >= 0.3 is 0 Å². The van der Waals surface area contributed by atoms with Gasteiger partial charge in [0.1, 0.15) is 24.2 Å². The predicted octanol–water partition coefficient (Wildman–Crippen LogP) is 4.29. The quantitative estimate of drug-likeness (QED) is 0.318. The highest BCUT2D eigenvalue weighted by Gasteiger charge is 2.33. The Kier molecular flexibility index (Phi) is 10.6. The van der Waals surface area contributed by atoms with Crippen LogP contribution in [-0.4, -0.2) is 50.5 Å². The molecule has 0 aliphatic carbocycles. The van der Waals surface area contributed by atoms with E-state index in [1.165, 1.54) is 47.4 Å². The van der Waals surface area contributed by atoms with Gasteiger partial charge in [0.25, 0.3) is 0 Å². The molecule has 0 unspecified atom stereocenters. The maximum atomic E-state index is 14.6. The highest BCUT2D eigenvalue weighted by Crippen LogP contribution is 2.23. The van der Waals surface area contributed by atoms with Crippen LogP contribution in [0.25, 0.3) is 0 Å². The zero-order valence-electron chi connectivity index (χ0n) is 22.0. The Morgan fingerprint density at radius 3 is 2.15 bits per heavy atom. The average molecular weight is 558 g/mol. The van der Waals surface area contributed by atoms with Crippen LogP contribution in [0.3, 0.4) is 0 Å². The lowest BCUT2D eigenvalue weighted by Crippen LogP contribution is -2.53. The van der Waals surface area contributed by atoms with E-state index in [4.69, 9.17) is 0 Å². The summed E-state index contributed by atoms with van der Waals surface area (Å²) < 4.78 is 54.3. The minimum Gasteiger partial charge on any atom is -0.354 e. The first-order chi connectivity index (χ1) is 18.6. The standard InChI is InChI=1S/C29H33F2N3O4S/c1-3-4-18-32-29(36)27(19-22-10-6-5-7-11-22)33(20-23-14-16-24(30)17-15-23)28(35)21-34(39(2,37)38)26-13-9-8-12-25(26)31/h5-17,27H,3-4,18-21H2,1-2H3,(H,32,36)/t27-/m1/s1. The fourth-order valence-corrected chi connectivity index (χ4v) is 4.95. The molecule has 3 aromatic carbocycles. The van der Waals surface area contributed by atoms with Crippen molar-refractivity contribution in [2.24, 2.45) is 0 Å². The van der Waals surface area contributed by atoms with Crippen molar-refractivity contribution in [1.29, 1.82) is 0 Å². The minimum atomic E-state index is -4.07. The molecule has 0 heterocycles. The van der Waals surface area contributed by atoms with Crippen molar-refractivity contribution in [2.45, 2.75) is 38.8 Å². The van der Waals surface area contributed by atoms with Gasteiger partial charge in [0, 0.05) is 19.5 Å². The minimum absolute atomic E-state index is 0.0906. The van der Waals surface area contributed by atoms with Crippen molar-refractivity contribution in [3.63, 3.8) is 0 Å². The van der Waals surface area contributed by atoms with Crippen LogP contribution >= 0.6 is 0 Å². The number of hydrogen-bond donors (Lipinski definition) is 1. The van der Waals surface area contributed by atoms with Gasteiger partial charge in [0.2, 0.25) is 21.8 Å². The Balaban J connectivity index is 2.03. The number of anilines is 1. The average Bonchev–Trinajstić information content (AvgIpc) is 2.91. The van der Waals surface area contributed by atoms with E-state index in [0.29, 0.717) is 16.4 Å². The number of sulfonamides is 1. The van der Waals surface area contributed by atoms with Crippen LogP contribution in [0.2, 0.25) is 0 Å². The van der Waals surface area contributed by atoms with Crippen LogP contribution in [0.4, 0.5) is 14.5 Å². The van der Waals surface area contributed by atoms with Crippen LogP contribution in [0.5, 0.6) is 0 Å². The van der Waals surface area contributed by atoms with Gasteiger partial charge in [-0.3, -0.25) is 13.9 Å². The largest absolute Gasteiger partial charge is 0.354 e. The molecule has 10 heteroatoms. The van der Waals surface area contributed by atoms with Crippen molar-refractivity contribution in [3.8, 4) is 0 Å². The Hall–Kier alpha value is -3.79. The lowest BCUT2D eigenvalue weighted by molar-refractivity contribution is -0.140. The molecule has 0 saturated carbocycles. The number of carbonyl (C=O) groups excluding carboxylic acids is 2. The molecule has 7 nitrogen and oxygen atoms in total. The number of nitrogens with zero attached hydrogens (tertiary/aromatic N) is 2. The summed E-state index contributed by atoms with van der Waals surface area (Å²) >= 11 is 0. The van der Waals surface area contributed by atoms with E-state index in [9.17, 15) is 26.8 Å². The highest BCUT2D eigenvalue weighted by molar-refractivity contribution is 7.92. The number of carbonyl (C=O) groups is 2. The maximum Gasteiger partial charge on any atom is 0.244 e. The molecule has 0 aliphatic rings. The van der Waals surface area contributed by atoms with Gasteiger partial charge in [-0.1, -0.05) is 67.9 Å². The molecular weight excluding hydrogens is 524 g/mol. The lowest BCUT2D eigenvalue weighted by Gasteiger charge is -2.33. The van der Waals surface area contributed by atoms with E-state index in [2.05, 4.69) is 5.32 Å². The first-order valence-corrected chi connectivity index (χ1v) is 14.5. The maximum absolute atomic E-state index is 14.6. The van der Waals surface area contributed by atoms with Crippen molar-refractivity contribution in [2.75, 3.05) is 23.7 Å². The second kappa shape index (κ2) is 13.8. The molecule has 0 fully saturated rings. The molecule has 0 aromatic heterocycles. The molecule has 0 bridgehead atoms. The van der Waals surface area contributed by atoms with Gasteiger partial charge in [0.05, 0.1) is 11.9 Å². The van der Waals surface area contributed by atoms with Gasteiger partial charge in [0.15, 0.2) is 0 Å². The number of rotatable bonds is 13. The number of para-hydroxylation sites is 1. The summed E-state index contributed by atoms with van der Waals surface area (Å²) in [6.45, 7) is 1.57. The Bertz CT molecular complexity index is 1350. The number of hydrogen-bond acceptors (Lipinski definition) is 4. The lowest BCUT2D eigenvalue weighted by atomic mass is 10.0. The van der Waals surface area contributed by atoms with Gasteiger partial charge in [-0.15, -0.1) is 0 Å². The van der Waals surface area contributed by atoms with Crippen LogP contribution in [0.1, 0.15) is 30.9 Å². The molecule has 0 saturated heterocycles. The molecule has 1 N–H and O–H groups in total. The van der Waals surface area contributed by atoms with Crippen molar-refractivity contribution in [3.05, 3.63) is 102 Å². The van der Waals surface area contributed by atoms with E-state index >= 15 is 0 Å². The molecule has 2 amide bonds. The summed E-state index contributed by atoms with van der Waals surface area (Å²) in [5, 5.41) is 2.87. The number of nitrogens with one attached hydrogen (secondary N) is 1. The third-order valence-electron chi connectivity index (χ3n) is 6.17. The smallest absolute Gasteiger partial charge is 0.244 e. The number of amides is 2. The topological polar surface area (TPSA) is 86.8 Å². The summed E-state index contributed by atoms with van der Waals surface area (Å²) in [4.78, 5) is 28.6. The van der Waals surface area contributed by atoms with Crippen LogP contribution in [-0.2, 0) is 32.6 Å². The monoisotopic (exact) mass is 557 g/mol. The van der Waals surface area contributed by atoms with E-state index in [0.717, 1.165) is 30.7 Å². The third-order valence-corrected chi connectivity index (χ3v) is 7.29. The molecule has 1 atom stereocenters. The van der Waals surface area contributed by atoms with Crippen molar-refractivity contribution in [1.82, 2.24) is 10.2 Å². The first-order valence-electron chi connectivity index (χ1n) is 12.7. The molecule has 0 aliphatic heterocycles. The fourth-order valence-electron chi connectivity index (χ4n) is 4.10. The summed E-state index contributed by atoms with van der Waals surface area (Å²) in [7, 11) is -4.07. The highest BCUT2D eigenvalue weighted by atomic mass is 32.2. The van der Waals surface area contributed by atoms with Crippen LogP contribution in [0.15, 0.2) is 78.9 Å². The SMILES string of the molecule is CCCCNC(=O)[C@@H](Cc1ccccc1)N(Cc1ccc(F)cc1)C(=O)CN(c1ccccc1F)S(C)(=O)=O. The second-order valence-electron chi connectivity index (χ2n) is 9.22. The van der Waals surface area contributed by atoms with E-state index in [1.807, 2.05) is 37.3 Å². The molecule has 39 heavy (non-hydrogen) atoms. The molecule has 3 rings (SSSR count). The zero-order chi connectivity index (χ0) is 28.4. The second-order valence-corrected chi connectivity index (χ2v) is 11.1. The van der Waals surface area contributed by atoms with E-state index in [1.54, 1.807) is 0 Å². The first kappa shape index (κ1) is 29.8. The van der Waals surface area contributed by atoms with Crippen LogP contribution < -0.4 is 9.62 Å². The molecule has 208 valence electrons. The molecule has 3 aromatic rings. The summed E-state index contributed by atoms with van der Waals surface area (Å²) in [6, 6.07) is 18.9. The van der Waals surface area contributed by atoms with Gasteiger partial charge < -0.3 is 10.2 Å². The zero-order valence-corrected chi connectivity index (χ0v) is 22.8. The van der Waals surface area contributed by atoms with Gasteiger partial charge in [-0.25, -0.2) is 17.2 Å². The predicted molar refractivity (Wildman–Crippen MR) is 147 cm³/mol. The summed E-state index contributed by atoms with van der Waals surface area (Å²) in [5.74, 6) is -2.38. The van der Waals surface area contributed by atoms with Gasteiger partial charge in [-0.05, 0) is 41.8 Å². The number of benzene rings is 3.